The van der Waals surface area contributed by atoms with Crippen LogP contribution in [-0.4, -0.2) is 18.3 Å². The number of phenols is 1. The number of ether oxygens (including phenoxy) is 2. The first-order chi connectivity index (χ1) is 10.3. The number of aromatic hydroxyl groups is 1. The Morgan fingerprint density at radius 3 is 2.29 bits per heavy atom. The van der Waals surface area contributed by atoms with Crippen LogP contribution < -0.4 is 9.47 Å². The predicted molar refractivity (Wildman–Crippen MR) is 86.4 cm³/mol. The lowest BCUT2D eigenvalue weighted by Gasteiger charge is -2.15. The molecular weight excluding hydrogens is 264 g/mol. The fourth-order valence-corrected chi connectivity index (χ4v) is 2.20. The van der Waals surface area contributed by atoms with Gasteiger partial charge in [-0.3, -0.25) is 0 Å². The first kappa shape index (κ1) is 15.5. The maximum absolute atomic E-state index is 9.98. The van der Waals surface area contributed by atoms with Crippen LogP contribution in [0.3, 0.4) is 0 Å². The van der Waals surface area contributed by atoms with Gasteiger partial charge in [-0.05, 0) is 31.0 Å². The van der Waals surface area contributed by atoms with Crippen LogP contribution in [0.25, 0.3) is 10.8 Å². The molecule has 114 valence electrons. The molecule has 2 rings (SSSR count). The van der Waals surface area contributed by atoms with E-state index < -0.39 is 0 Å². The predicted octanol–water partition coefficient (Wildman–Crippen LogP) is 4.90. The van der Waals surface area contributed by atoms with E-state index in [1.165, 1.54) is 0 Å². The van der Waals surface area contributed by atoms with E-state index in [9.17, 15) is 5.11 Å². The van der Waals surface area contributed by atoms with Crippen LogP contribution in [0.5, 0.6) is 17.2 Å². The smallest absolute Gasteiger partial charge is 0.169 e. The molecule has 0 saturated carbocycles. The summed E-state index contributed by atoms with van der Waals surface area (Å²) in [5, 5.41) is 11.7. The van der Waals surface area contributed by atoms with Gasteiger partial charge < -0.3 is 14.6 Å². The fourth-order valence-electron chi connectivity index (χ4n) is 2.20. The van der Waals surface area contributed by atoms with Crippen molar-refractivity contribution in [1.29, 1.82) is 0 Å². The molecule has 21 heavy (non-hydrogen) atoms. The number of phenolic OH excluding ortho intramolecular Hbond substituents is 1. The van der Waals surface area contributed by atoms with E-state index in [1.54, 1.807) is 6.07 Å². The summed E-state index contributed by atoms with van der Waals surface area (Å²) in [7, 11) is 0. The van der Waals surface area contributed by atoms with Gasteiger partial charge in [0.2, 0.25) is 0 Å². The largest absolute Gasteiger partial charge is 0.507 e. The molecule has 0 amide bonds. The van der Waals surface area contributed by atoms with E-state index in [0.717, 1.165) is 48.0 Å². The molecule has 0 atom stereocenters. The Balaban J connectivity index is 2.34. The normalized spacial score (nSPS) is 10.8. The summed E-state index contributed by atoms with van der Waals surface area (Å²) < 4.78 is 11.8. The van der Waals surface area contributed by atoms with Crippen molar-refractivity contribution < 1.29 is 14.6 Å². The molecule has 0 spiro atoms. The van der Waals surface area contributed by atoms with Crippen LogP contribution in [0.1, 0.15) is 39.5 Å². The van der Waals surface area contributed by atoms with Crippen molar-refractivity contribution in [1.82, 2.24) is 0 Å². The van der Waals surface area contributed by atoms with Gasteiger partial charge in [-0.15, -0.1) is 0 Å². The number of rotatable bonds is 8. The quantitative estimate of drug-likeness (QED) is 0.702. The van der Waals surface area contributed by atoms with Gasteiger partial charge in [0.1, 0.15) is 5.75 Å². The average molecular weight is 288 g/mol. The fraction of sp³-hybridized carbons (Fsp3) is 0.444. The van der Waals surface area contributed by atoms with Crippen molar-refractivity contribution in [2.24, 2.45) is 0 Å². The van der Waals surface area contributed by atoms with Crippen molar-refractivity contribution >= 4 is 10.8 Å². The van der Waals surface area contributed by atoms with E-state index in [0.29, 0.717) is 13.2 Å². The standard InChI is InChI=1S/C18H24O3/c1-3-5-12-20-17-11-10-14-15(8-7-9-16(14)19)18(17)21-13-6-4-2/h7-11,19H,3-6,12-13H2,1-2H3. The number of hydrogen-bond donors (Lipinski definition) is 1. The van der Waals surface area contributed by atoms with Crippen LogP contribution in [0.4, 0.5) is 0 Å². The van der Waals surface area contributed by atoms with Crippen molar-refractivity contribution in [3.8, 4) is 17.2 Å². The summed E-state index contributed by atoms with van der Waals surface area (Å²) in [4.78, 5) is 0. The van der Waals surface area contributed by atoms with Gasteiger partial charge in [0.05, 0.1) is 13.2 Å². The molecule has 0 unspecified atom stereocenters. The monoisotopic (exact) mass is 288 g/mol. The molecule has 0 bridgehead atoms. The molecule has 0 saturated heterocycles. The van der Waals surface area contributed by atoms with Crippen molar-refractivity contribution in [3.63, 3.8) is 0 Å². The summed E-state index contributed by atoms with van der Waals surface area (Å²) in [6.07, 6.45) is 4.21. The average Bonchev–Trinajstić information content (AvgIpc) is 2.49. The lowest BCUT2D eigenvalue weighted by atomic mass is 10.1. The van der Waals surface area contributed by atoms with Gasteiger partial charge >= 0.3 is 0 Å². The first-order valence-corrected chi connectivity index (χ1v) is 7.78. The lowest BCUT2D eigenvalue weighted by Crippen LogP contribution is -2.02. The summed E-state index contributed by atoms with van der Waals surface area (Å²) in [5.41, 5.74) is 0. The molecule has 3 nitrogen and oxygen atoms in total. The Labute approximate surface area is 126 Å². The highest BCUT2D eigenvalue weighted by Gasteiger charge is 2.12. The third-order valence-corrected chi connectivity index (χ3v) is 3.45. The SMILES string of the molecule is CCCCOc1ccc2c(O)cccc2c1OCCCC. The van der Waals surface area contributed by atoms with Crippen molar-refractivity contribution in [2.45, 2.75) is 39.5 Å². The molecule has 0 aliphatic rings. The van der Waals surface area contributed by atoms with Crippen molar-refractivity contribution in [2.75, 3.05) is 13.2 Å². The zero-order valence-corrected chi connectivity index (χ0v) is 12.9. The number of fused-ring (bicyclic) bond motifs is 1. The molecular formula is C18H24O3. The highest BCUT2D eigenvalue weighted by atomic mass is 16.5. The summed E-state index contributed by atoms with van der Waals surface area (Å²) in [5.74, 6) is 1.78. The summed E-state index contributed by atoms with van der Waals surface area (Å²) >= 11 is 0. The second-order valence-corrected chi connectivity index (χ2v) is 5.17. The molecule has 1 N–H and O–H groups in total. The Kier molecular flexibility index (Phi) is 5.73. The topological polar surface area (TPSA) is 38.7 Å². The molecule has 3 heteroatoms. The number of hydrogen-bond acceptors (Lipinski definition) is 3. The molecule has 2 aromatic carbocycles. The number of unbranched alkanes of at least 4 members (excludes halogenated alkanes) is 2. The number of benzene rings is 2. The van der Waals surface area contributed by atoms with Gasteiger partial charge in [0.25, 0.3) is 0 Å². The molecule has 0 fully saturated rings. The summed E-state index contributed by atoms with van der Waals surface area (Å²) in [6, 6.07) is 9.26. The molecule has 2 aromatic rings. The molecule has 0 aliphatic carbocycles. The molecule has 0 aromatic heterocycles. The Morgan fingerprint density at radius 2 is 1.57 bits per heavy atom. The maximum Gasteiger partial charge on any atom is 0.169 e. The van der Waals surface area contributed by atoms with Crippen molar-refractivity contribution in [3.05, 3.63) is 30.3 Å². The second kappa shape index (κ2) is 7.77. The zero-order valence-electron chi connectivity index (χ0n) is 12.9. The van der Waals surface area contributed by atoms with Gasteiger partial charge in [-0.25, -0.2) is 0 Å². The van der Waals surface area contributed by atoms with Crippen LogP contribution in [-0.2, 0) is 0 Å². The summed E-state index contributed by atoms with van der Waals surface area (Å²) in [6.45, 7) is 5.62. The molecule has 0 heterocycles. The Morgan fingerprint density at radius 1 is 0.857 bits per heavy atom. The third-order valence-electron chi connectivity index (χ3n) is 3.45. The third kappa shape index (κ3) is 3.81. The molecule has 0 radical (unpaired) electrons. The zero-order chi connectivity index (χ0) is 15.1. The highest BCUT2D eigenvalue weighted by Crippen LogP contribution is 2.39. The Hall–Kier alpha value is -1.90. The first-order valence-electron chi connectivity index (χ1n) is 7.78. The van der Waals surface area contributed by atoms with Crippen LogP contribution in [0, 0.1) is 0 Å². The van der Waals surface area contributed by atoms with E-state index in [1.807, 2.05) is 24.3 Å². The van der Waals surface area contributed by atoms with Crippen LogP contribution in [0.15, 0.2) is 30.3 Å². The molecule has 0 aliphatic heterocycles. The van der Waals surface area contributed by atoms with E-state index in [2.05, 4.69) is 13.8 Å². The maximum atomic E-state index is 9.98. The van der Waals surface area contributed by atoms with Crippen LogP contribution >= 0.6 is 0 Å². The van der Waals surface area contributed by atoms with Crippen LogP contribution in [0.2, 0.25) is 0 Å². The van der Waals surface area contributed by atoms with Gasteiger partial charge in [0, 0.05) is 10.8 Å². The van der Waals surface area contributed by atoms with Gasteiger partial charge in [-0.2, -0.15) is 0 Å². The second-order valence-electron chi connectivity index (χ2n) is 5.17. The Bertz CT molecular complexity index is 578. The van der Waals surface area contributed by atoms with Gasteiger partial charge in [-0.1, -0.05) is 38.8 Å². The minimum atomic E-state index is 0.271. The van der Waals surface area contributed by atoms with E-state index >= 15 is 0 Å². The van der Waals surface area contributed by atoms with Gasteiger partial charge in [0.15, 0.2) is 11.5 Å². The lowest BCUT2D eigenvalue weighted by molar-refractivity contribution is 0.264. The van der Waals surface area contributed by atoms with E-state index in [-0.39, 0.29) is 5.75 Å². The minimum absolute atomic E-state index is 0.271. The van der Waals surface area contributed by atoms with E-state index in [4.69, 9.17) is 9.47 Å². The highest BCUT2D eigenvalue weighted by molar-refractivity contribution is 5.94. The minimum Gasteiger partial charge on any atom is -0.507 e.